The van der Waals surface area contributed by atoms with Gasteiger partial charge in [0.05, 0.1) is 12.2 Å². The first-order valence-corrected chi connectivity index (χ1v) is 6.96. The smallest absolute Gasteiger partial charge is 0.416 e. The van der Waals surface area contributed by atoms with E-state index in [9.17, 15) is 23.1 Å². The van der Waals surface area contributed by atoms with Crippen LogP contribution in [0.3, 0.4) is 0 Å². The molecule has 0 aliphatic rings. The summed E-state index contributed by atoms with van der Waals surface area (Å²) < 4.78 is 44.5. The third-order valence-corrected chi connectivity index (χ3v) is 3.27. The highest BCUT2D eigenvalue weighted by Gasteiger charge is 2.37. The van der Waals surface area contributed by atoms with Crippen LogP contribution in [0.2, 0.25) is 0 Å². The quantitative estimate of drug-likeness (QED) is 0.866. The van der Waals surface area contributed by atoms with Crippen LogP contribution in [0.4, 0.5) is 13.2 Å². The Balaban J connectivity index is 2.50. The molecule has 0 aromatic heterocycles. The topological polar surface area (TPSA) is 46.5 Å². The van der Waals surface area contributed by atoms with Crippen molar-refractivity contribution in [2.24, 2.45) is 0 Å². The Hall–Kier alpha value is -2.34. The summed E-state index contributed by atoms with van der Waals surface area (Å²) in [6.45, 7) is 1.48. The highest BCUT2D eigenvalue weighted by atomic mass is 19.4. The summed E-state index contributed by atoms with van der Waals surface area (Å²) in [5.41, 5.74) is -0.622. The predicted octanol–water partition coefficient (Wildman–Crippen LogP) is 3.97. The molecule has 1 N–H and O–H groups in total. The SMILES string of the molecule is CCOC(=O)C(O)c1ccc(-c2ccccc2)cc1C(F)(F)F. The first-order chi connectivity index (χ1) is 10.8. The van der Waals surface area contributed by atoms with Gasteiger partial charge in [-0.25, -0.2) is 4.79 Å². The molecule has 0 aliphatic carbocycles. The van der Waals surface area contributed by atoms with E-state index in [1.165, 1.54) is 13.0 Å². The number of hydrogen-bond acceptors (Lipinski definition) is 3. The van der Waals surface area contributed by atoms with Gasteiger partial charge in [-0.2, -0.15) is 13.2 Å². The molecule has 0 spiro atoms. The van der Waals surface area contributed by atoms with Crippen LogP contribution in [0, 0.1) is 0 Å². The Morgan fingerprint density at radius 3 is 2.35 bits per heavy atom. The van der Waals surface area contributed by atoms with E-state index < -0.39 is 29.4 Å². The number of carbonyl (C=O) groups excluding carboxylic acids is 1. The van der Waals surface area contributed by atoms with Crippen molar-refractivity contribution in [1.82, 2.24) is 0 Å². The lowest BCUT2D eigenvalue weighted by Gasteiger charge is -2.18. The molecule has 0 radical (unpaired) electrons. The number of rotatable bonds is 4. The highest BCUT2D eigenvalue weighted by Crippen LogP contribution is 2.37. The van der Waals surface area contributed by atoms with Gasteiger partial charge in [-0.3, -0.25) is 0 Å². The molecule has 0 saturated carbocycles. The molecule has 0 heterocycles. The monoisotopic (exact) mass is 324 g/mol. The summed E-state index contributed by atoms with van der Waals surface area (Å²) in [7, 11) is 0. The molecule has 6 heteroatoms. The minimum Gasteiger partial charge on any atom is -0.464 e. The average molecular weight is 324 g/mol. The van der Waals surface area contributed by atoms with E-state index in [0.29, 0.717) is 11.1 Å². The number of aliphatic hydroxyl groups is 1. The second-order valence-electron chi connectivity index (χ2n) is 4.82. The molecule has 0 aliphatic heterocycles. The van der Waals surface area contributed by atoms with Crippen LogP contribution >= 0.6 is 0 Å². The summed E-state index contributed by atoms with van der Waals surface area (Å²) in [5.74, 6) is -1.11. The molecule has 122 valence electrons. The van der Waals surface area contributed by atoms with Crippen LogP contribution in [0.15, 0.2) is 48.5 Å². The minimum absolute atomic E-state index is 0.0284. The van der Waals surface area contributed by atoms with Gasteiger partial charge < -0.3 is 9.84 Å². The maximum atomic E-state index is 13.3. The molecular weight excluding hydrogens is 309 g/mol. The van der Waals surface area contributed by atoms with Gasteiger partial charge in [-0.15, -0.1) is 0 Å². The normalized spacial score (nSPS) is 12.7. The third-order valence-electron chi connectivity index (χ3n) is 3.27. The van der Waals surface area contributed by atoms with Crippen LogP contribution < -0.4 is 0 Å². The number of hydrogen-bond donors (Lipinski definition) is 1. The molecule has 2 aromatic carbocycles. The molecule has 3 nitrogen and oxygen atoms in total. The Morgan fingerprint density at radius 1 is 1.13 bits per heavy atom. The Kier molecular flexibility index (Phi) is 5.05. The van der Waals surface area contributed by atoms with E-state index in [1.54, 1.807) is 30.3 Å². The van der Waals surface area contributed by atoms with Gasteiger partial charge in [0.2, 0.25) is 0 Å². The molecule has 2 aromatic rings. The van der Waals surface area contributed by atoms with Crippen molar-refractivity contribution in [2.45, 2.75) is 19.2 Å². The van der Waals surface area contributed by atoms with Crippen LogP contribution in [0.1, 0.15) is 24.2 Å². The summed E-state index contributed by atoms with van der Waals surface area (Å²) in [4.78, 5) is 11.5. The summed E-state index contributed by atoms with van der Waals surface area (Å²) in [5, 5.41) is 9.85. The summed E-state index contributed by atoms with van der Waals surface area (Å²) >= 11 is 0. The van der Waals surface area contributed by atoms with Gasteiger partial charge in [0.1, 0.15) is 0 Å². The summed E-state index contributed by atoms with van der Waals surface area (Å²) in [6.07, 6.45) is -6.68. The molecule has 0 saturated heterocycles. The van der Waals surface area contributed by atoms with Crippen LogP contribution in [0.5, 0.6) is 0 Å². The van der Waals surface area contributed by atoms with Crippen molar-refractivity contribution in [2.75, 3.05) is 6.61 Å². The number of alkyl halides is 3. The van der Waals surface area contributed by atoms with E-state index in [0.717, 1.165) is 12.1 Å². The third kappa shape index (κ3) is 3.90. The largest absolute Gasteiger partial charge is 0.464 e. The lowest BCUT2D eigenvalue weighted by Crippen LogP contribution is -2.20. The zero-order valence-corrected chi connectivity index (χ0v) is 12.3. The molecule has 0 fully saturated rings. The fraction of sp³-hybridized carbons (Fsp3) is 0.235. The van der Waals surface area contributed by atoms with Crippen molar-refractivity contribution in [3.8, 4) is 11.1 Å². The van der Waals surface area contributed by atoms with Gasteiger partial charge in [-0.1, -0.05) is 42.5 Å². The number of esters is 1. The molecular formula is C17H15F3O3. The van der Waals surface area contributed by atoms with Crippen molar-refractivity contribution >= 4 is 5.97 Å². The van der Waals surface area contributed by atoms with Gasteiger partial charge in [0, 0.05) is 5.56 Å². The summed E-state index contributed by atoms with van der Waals surface area (Å²) in [6, 6.07) is 12.0. The number of carbonyl (C=O) groups is 1. The first kappa shape index (κ1) is 17.0. The van der Waals surface area contributed by atoms with E-state index in [-0.39, 0.29) is 6.61 Å². The van der Waals surface area contributed by atoms with E-state index in [1.807, 2.05) is 0 Å². The fourth-order valence-electron chi connectivity index (χ4n) is 2.20. The number of halogens is 3. The standard InChI is InChI=1S/C17H15F3O3/c1-2-23-16(22)15(21)13-9-8-12(10-14(13)17(18,19)20)11-6-4-3-5-7-11/h3-10,15,21H,2H2,1H3. The Bertz CT molecular complexity index is 681. The van der Waals surface area contributed by atoms with E-state index in [2.05, 4.69) is 4.74 Å². The van der Waals surface area contributed by atoms with Crippen LogP contribution in [-0.2, 0) is 15.7 Å². The predicted molar refractivity (Wildman–Crippen MR) is 78.5 cm³/mol. The van der Waals surface area contributed by atoms with Crippen molar-refractivity contribution < 1.29 is 27.8 Å². The zero-order valence-electron chi connectivity index (χ0n) is 12.3. The molecule has 23 heavy (non-hydrogen) atoms. The molecule has 0 amide bonds. The van der Waals surface area contributed by atoms with Crippen LogP contribution in [0.25, 0.3) is 11.1 Å². The molecule has 0 bridgehead atoms. The van der Waals surface area contributed by atoms with Crippen molar-refractivity contribution in [3.05, 3.63) is 59.7 Å². The number of aliphatic hydroxyl groups excluding tert-OH is 1. The lowest BCUT2D eigenvalue weighted by atomic mass is 9.96. The second-order valence-corrected chi connectivity index (χ2v) is 4.82. The van der Waals surface area contributed by atoms with Gasteiger partial charge in [0.15, 0.2) is 6.10 Å². The minimum atomic E-state index is -4.70. The van der Waals surface area contributed by atoms with E-state index in [4.69, 9.17) is 0 Å². The van der Waals surface area contributed by atoms with E-state index >= 15 is 0 Å². The average Bonchev–Trinajstić information content (AvgIpc) is 2.54. The van der Waals surface area contributed by atoms with Crippen molar-refractivity contribution in [3.63, 3.8) is 0 Å². The Labute approximate surface area is 131 Å². The fourth-order valence-corrected chi connectivity index (χ4v) is 2.20. The molecule has 1 unspecified atom stereocenters. The van der Waals surface area contributed by atoms with Crippen molar-refractivity contribution in [1.29, 1.82) is 0 Å². The number of ether oxygens (including phenoxy) is 1. The molecule has 2 rings (SSSR count). The maximum absolute atomic E-state index is 13.3. The van der Waals surface area contributed by atoms with Gasteiger partial charge in [-0.05, 0) is 24.1 Å². The van der Waals surface area contributed by atoms with Gasteiger partial charge >= 0.3 is 12.1 Å². The zero-order chi connectivity index (χ0) is 17.0. The van der Waals surface area contributed by atoms with Crippen LogP contribution in [-0.4, -0.2) is 17.7 Å². The van der Waals surface area contributed by atoms with Gasteiger partial charge in [0.25, 0.3) is 0 Å². The first-order valence-electron chi connectivity index (χ1n) is 6.96. The number of benzene rings is 2. The highest BCUT2D eigenvalue weighted by molar-refractivity contribution is 5.77. The second kappa shape index (κ2) is 6.83. The Morgan fingerprint density at radius 2 is 1.78 bits per heavy atom. The lowest BCUT2D eigenvalue weighted by molar-refractivity contribution is -0.154. The molecule has 1 atom stereocenters. The maximum Gasteiger partial charge on any atom is 0.416 e.